The van der Waals surface area contributed by atoms with Gasteiger partial charge in [0, 0.05) is 30.9 Å². The molecule has 1 atom stereocenters. The highest BCUT2D eigenvalue weighted by Gasteiger charge is 2.22. The zero-order chi connectivity index (χ0) is 21.5. The lowest BCUT2D eigenvalue weighted by molar-refractivity contribution is 0.0833. The molecule has 3 N–H and O–H groups in total. The van der Waals surface area contributed by atoms with E-state index < -0.39 is 6.10 Å². The molecule has 0 bridgehead atoms. The number of methoxy groups -OCH3 is 2. The number of carbonyl (C=O) groups excluding carboxylic acids is 2. The minimum absolute atomic E-state index is 0.00920. The normalized spacial score (nSPS) is 14.1. The van der Waals surface area contributed by atoms with Crippen molar-refractivity contribution in [3.8, 4) is 17.2 Å². The lowest BCUT2D eigenvalue weighted by Gasteiger charge is -2.17. The van der Waals surface area contributed by atoms with Gasteiger partial charge >= 0.3 is 6.03 Å². The van der Waals surface area contributed by atoms with Gasteiger partial charge in [-0.3, -0.25) is 9.69 Å². The maximum absolute atomic E-state index is 12.5. The Bertz CT molecular complexity index is 882. The number of hydrogen-bond acceptors (Lipinski definition) is 6. The first-order valence-electron chi connectivity index (χ1n) is 9.49. The highest BCUT2D eigenvalue weighted by Crippen LogP contribution is 2.36. The summed E-state index contributed by atoms with van der Waals surface area (Å²) in [6, 6.07) is 11.8. The van der Waals surface area contributed by atoms with Gasteiger partial charge in [0.1, 0.15) is 12.7 Å². The van der Waals surface area contributed by atoms with E-state index in [9.17, 15) is 14.7 Å². The standard InChI is InChI=1S/C21H25N3O6/c1-28-17-7-4-8-18(29-2)19(17)30-13-16(25)12-23-20(26)14-5-3-6-15(11-14)24-10-9-22-21(24)27/h3-8,11,16,25H,9-10,12-13H2,1-2H3,(H,22,27)(H,23,26). The molecule has 3 amide bonds. The third-order valence-electron chi connectivity index (χ3n) is 4.58. The number of amides is 3. The van der Waals surface area contributed by atoms with E-state index in [1.807, 2.05) is 0 Å². The van der Waals surface area contributed by atoms with Gasteiger partial charge in [0.25, 0.3) is 5.91 Å². The van der Waals surface area contributed by atoms with Gasteiger partial charge in [-0.15, -0.1) is 0 Å². The monoisotopic (exact) mass is 415 g/mol. The number of anilines is 1. The molecule has 2 aromatic rings. The Morgan fingerprint density at radius 3 is 2.53 bits per heavy atom. The molecule has 3 rings (SSSR count). The molecule has 160 valence electrons. The number of nitrogens with zero attached hydrogens (tertiary/aromatic N) is 1. The van der Waals surface area contributed by atoms with Crippen molar-refractivity contribution < 1.29 is 28.9 Å². The second-order valence-corrected chi connectivity index (χ2v) is 6.60. The molecule has 0 radical (unpaired) electrons. The van der Waals surface area contributed by atoms with Crippen LogP contribution in [0.1, 0.15) is 10.4 Å². The van der Waals surface area contributed by atoms with Crippen LogP contribution in [-0.2, 0) is 0 Å². The number of aliphatic hydroxyl groups is 1. The molecular formula is C21H25N3O6. The number of benzene rings is 2. The van der Waals surface area contributed by atoms with E-state index in [0.717, 1.165) is 0 Å². The van der Waals surface area contributed by atoms with Crippen LogP contribution in [0.5, 0.6) is 17.2 Å². The minimum Gasteiger partial charge on any atom is -0.493 e. The summed E-state index contributed by atoms with van der Waals surface area (Å²) in [7, 11) is 3.02. The third kappa shape index (κ3) is 4.93. The fourth-order valence-corrected chi connectivity index (χ4v) is 3.04. The lowest BCUT2D eigenvalue weighted by atomic mass is 10.1. The van der Waals surface area contributed by atoms with Gasteiger partial charge in [-0.25, -0.2) is 4.79 Å². The Labute approximate surface area is 174 Å². The first-order chi connectivity index (χ1) is 14.5. The number of para-hydroxylation sites is 1. The van der Waals surface area contributed by atoms with Crippen LogP contribution >= 0.6 is 0 Å². The summed E-state index contributed by atoms with van der Waals surface area (Å²) in [6.45, 7) is 1.04. The van der Waals surface area contributed by atoms with Gasteiger partial charge in [-0.2, -0.15) is 0 Å². The molecule has 1 heterocycles. The van der Waals surface area contributed by atoms with Crippen LogP contribution < -0.4 is 29.7 Å². The molecule has 0 saturated carbocycles. The number of hydrogen-bond donors (Lipinski definition) is 3. The quantitative estimate of drug-likeness (QED) is 0.571. The van der Waals surface area contributed by atoms with E-state index in [1.165, 1.54) is 14.2 Å². The smallest absolute Gasteiger partial charge is 0.321 e. The van der Waals surface area contributed by atoms with Crippen molar-refractivity contribution in [2.45, 2.75) is 6.10 Å². The highest BCUT2D eigenvalue weighted by molar-refractivity contribution is 5.98. The second-order valence-electron chi connectivity index (χ2n) is 6.60. The number of rotatable bonds is 9. The van der Waals surface area contributed by atoms with Crippen LogP contribution in [0, 0.1) is 0 Å². The average Bonchev–Trinajstić information content (AvgIpc) is 3.21. The fourth-order valence-electron chi connectivity index (χ4n) is 3.04. The molecule has 9 nitrogen and oxygen atoms in total. The van der Waals surface area contributed by atoms with Crippen molar-refractivity contribution in [2.75, 3.05) is 45.4 Å². The van der Waals surface area contributed by atoms with Crippen LogP contribution in [-0.4, -0.2) is 63.6 Å². The van der Waals surface area contributed by atoms with Crippen molar-refractivity contribution in [3.05, 3.63) is 48.0 Å². The van der Waals surface area contributed by atoms with Crippen molar-refractivity contribution >= 4 is 17.6 Å². The van der Waals surface area contributed by atoms with E-state index in [1.54, 1.807) is 47.4 Å². The summed E-state index contributed by atoms with van der Waals surface area (Å²) in [5, 5.41) is 15.6. The van der Waals surface area contributed by atoms with E-state index >= 15 is 0 Å². The summed E-state index contributed by atoms with van der Waals surface area (Å²) in [5.41, 5.74) is 1.04. The van der Waals surface area contributed by atoms with Gasteiger partial charge in [0.15, 0.2) is 11.5 Å². The zero-order valence-corrected chi connectivity index (χ0v) is 16.9. The van der Waals surface area contributed by atoms with Crippen molar-refractivity contribution in [3.63, 3.8) is 0 Å². The fraction of sp³-hybridized carbons (Fsp3) is 0.333. The number of carbonyl (C=O) groups is 2. The van der Waals surface area contributed by atoms with Crippen molar-refractivity contribution in [1.29, 1.82) is 0 Å². The highest BCUT2D eigenvalue weighted by atomic mass is 16.5. The summed E-state index contributed by atoms with van der Waals surface area (Å²) in [6.07, 6.45) is -0.948. The largest absolute Gasteiger partial charge is 0.493 e. The summed E-state index contributed by atoms with van der Waals surface area (Å²) in [4.78, 5) is 25.8. The first-order valence-corrected chi connectivity index (χ1v) is 9.49. The van der Waals surface area contributed by atoms with Crippen molar-refractivity contribution in [2.24, 2.45) is 0 Å². The van der Waals surface area contributed by atoms with Gasteiger partial charge < -0.3 is 30.0 Å². The molecule has 1 aliphatic rings. The molecule has 0 spiro atoms. The van der Waals surface area contributed by atoms with E-state index in [2.05, 4.69) is 10.6 Å². The van der Waals surface area contributed by atoms with Gasteiger partial charge in [-0.05, 0) is 30.3 Å². The Morgan fingerprint density at radius 2 is 1.90 bits per heavy atom. The summed E-state index contributed by atoms with van der Waals surface area (Å²) in [5.74, 6) is 0.983. The van der Waals surface area contributed by atoms with Crippen LogP contribution in [0.2, 0.25) is 0 Å². The predicted octanol–water partition coefficient (Wildman–Crippen LogP) is 1.40. The molecule has 1 saturated heterocycles. The topological polar surface area (TPSA) is 109 Å². The van der Waals surface area contributed by atoms with Crippen LogP contribution in [0.15, 0.2) is 42.5 Å². The molecule has 1 aliphatic heterocycles. The average molecular weight is 415 g/mol. The number of ether oxygens (including phenoxy) is 3. The lowest BCUT2D eigenvalue weighted by Crippen LogP contribution is -2.35. The van der Waals surface area contributed by atoms with Crippen molar-refractivity contribution in [1.82, 2.24) is 10.6 Å². The molecule has 30 heavy (non-hydrogen) atoms. The van der Waals surface area contributed by atoms with E-state index in [-0.39, 0.29) is 25.1 Å². The molecule has 0 aliphatic carbocycles. The number of urea groups is 1. The molecule has 1 fully saturated rings. The van der Waals surface area contributed by atoms with Gasteiger partial charge in [0.2, 0.25) is 5.75 Å². The third-order valence-corrected chi connectivity index (χ3v) is 4.58. The Morgan fingerprint density at radius 1 is 1.20 bits per heavy atom. The van der Waals surface area contributed by atoms with Crippen LogP contribution in [0.3, 0.4) is 0 Å². The van der Waals surface area contributed by atoms with Crippen LogP contribution in [0.4, 0.5) is 10.5 Å². The van der Waals surface area contributed by atoms with Crippen LogP contribution in [0.25, 0.3) is 0 Å². The maximum Gasteiger partial charge on any atom is 0.321 e. The Hall–Kier alpha value is -3.46. The Kier molecular flexibility index (Phi) is 6.97. The molecule has 1 unspecified atom stereocenters. The summed E-state index contributed by atoms with van der Waals surface area (Å²) < 4.78 is 16.1. The summed E-state index contributed by atoms with van der Waals surface area (Å²) >= 11 is 0. The van der Waals surface area contributed by atoms with E-state index in [4.69, 9.17) is 14.2 Å². The van der Waals surface area contributed by atoms with Gasteiger partial charge in [-0.1, -0.05) is 12.1 Å². The molecule has 0 aromatic heterocycles. The number of aliphatic hydroxyl groups excluding tert-OH is 1. The maximum atomic E-state index is 12.5. The molecular weight excluding hydrogens is 390 g/mol. The predicted molar refractivity (Wildman–Crippen MR) is 111 cm³/mol. The Balaban J connectivity index is 1.55. The number of nitrogens with one attached hydrogen (secondary N) is 2. The van der Waals surface area contributed by atoms with E-state index in [0.29, 0.717) is 41.6 Å². The first kappa shape index (κ1) is 21.3. The molecule has 9 heteroatoms. The SMILES string of the molecule is COc1cccc(OC)c1OCC(O)CNC(=O)c1cccc(N2CCNC2=O)c1. The minimum atomic E-state index is -0.948. The van der Waals surface area contributed by atoms with Gasteiger partial charge in [0.05, 0.1) is 14.2 Å². The molecule has 2 aromatic carbocycles. The zero-order valence-electron chi connectivity index (χ0n) is 16.9. The second kappa shape index (κ2) is 9.84.